The van der Waals surface area contributed by atoms with Crippen LogP contribution in [0.3, 0.4) is 0 Å². The van der Waals surface area contributed by atoms with Gasteiger partial charge < -0.3 is 19.5 Å². The summed E-state index contributed by atoms with van der Waals surface area (Å²) in [6.07, 6.45) is 13.8. The van der Waals surface area contributed by atoms with Crippen molar-refractivity contribution in [1.29, 1.82) is 0 Å². The van der Waals surface area contributed by atoms with E-state index in [1.54, 1.807) is 24.3 Å². The first kappa shape index (κ1) is 28.2. The molecule has 0 bridgehead atoms. The second-order valence-electron chi connectivity index (χ2n) is 8.70. The molecule has 1 N–H and O–H groups in total. The van der Waals surface area contributed by atoms with Crippen molar-refractivity contribution in [3.8, 4) is 11.5 Å². The summed E-state index contributed by atoms with van der Waals surface area (Å²) in [7, 11) is 0. The highest BCUT2D eigenvalue weighted by molar-refractivity contribution is 5.78. The SMILES string of the molecule is CCCCCCCCCCCCc1ccc(OCCOC(=O)CNC(=O)Oc2ccccc2)cc1. The minimum Gasteiger partial charge on any atom is -0.490 e. The van der Waals surface area contributed by atoms with Crippen LogP contribution >= 0.6 is 0 Å². The number of rotatable bonds is 18. The summed E-state index contributed by atoms with van der Waals surface area (Å²) >= 11 is 0. The minimum absolute atomic E-state index is 0.106. The average Bonchev–Trinajstić information content (AvgIpc) is 2.88. The van der Waals surface area contributed by atoms with Gasteiger partial charge in [0.15, 0.2) is 0 Å². The molecule has 0 aliphatic heterocycles. The summed E-state index contributed by atoms with van der Waals surface area (Å²) in [6.45, 7) is 2.35. The molecule has 2 aromatic carbocycles. The van der Waals surface area contributed by atoms with Crippen LogP contribution in [0.2, 0.25) is 0 Å². The van der Waals surface area contributed by atoms with Crippen molar-refractivity contribution < 1.29 is 23.8 Å². The van der Waals surface area contributed by atoms with Gasteiger partial charge in [-0.25, -0.2) is 4.79 Å². The van der Waals surface area contributed by atoms with E-state index >= 15 is 0 Å². The fourth-order valence-electron chi connectivity index (χ4n) is 3.71. The maximum atomic E-state index is 11.7. The van der Waals surface area contributed by atoms with Gasteiger partial charge in [-0.3, -0.25) is 4.79 Å². The molecule has 0 atom stereocenters. The Balaban J connectivity index is 1.46. The third-order valence-electron chi connectivity index (χ3n) is 5.69. The molecule has 0 fully saturated rings. The predicted octanol–water partition coefficient (Wildman–Crippen LogP) is 6.86. The van der Waals surface area contributed by atoms with Crippen molar-refractivity contribution >= 4 is 12.1 Å². The Bertz CT molecular complexity index is 823. The first-order chi connectivity index (χ1) is 17.2. The number of carbonyl (C=O) groups is 2. The van der Waals surface area contributed by atoms with Crippen LogP contribution in [0.15, 0.2) is 54.6 Å². The molecule has 0 radical (unpaired) electrons. The third-order valence-corrected chi connectivity index (χ3v) is 5.69. The van der Waals surface area contributed by atoms with Crippen molar-refractivity contribution in [3.63, 3.8) is 0 Å². The standard InChI is InChI=1S/C29H41NO5/c1-2-3-4-5-6-7-8-9-10-12-15-25-18-20-26(21-19-25)33-22-23-34-28(31)24-30-29(32)35-27-16-13-11-14-17-27/h11,13-14,16-21H,2-10,12,15,22-24H2,1H3,(H,30,32). The van der Waals surface area contributed by atoms with E-state index < -0.39 is 12.1 Å². The highest BCUT2D eigenvalue weighted by Crippen LogP contribution is 2.16. The van der Waals surface area contributed by atoms with Crippen LogP contribution in [0.25, 0.3) is 0 Å². The van der Waals surface area contributed by atoms with Gasteiger partial charge in [-0.2, -0.15) is 0 Å². The summed E-state index contributed by atoms with van der Waals surface area (Å²) in [6, 6.07) is 16.7. The molecule has 192 valence electrons. The Morgan fingerprint density at radius 2 is 1.34 bits per heavy atom. The second-order valence-corrected chi connectivity index (χ2v) is 8.70. The number of ether oxygens (including phenoxy) is 3. The molecule has 0 aliphatic rings. The minimum atomic E-state index is -0.706. The number of amides is 1. The zero-order chi connectivity index (χ0) is 25.0. The van der Waals surface area contributed by atoms with E-state index in [2.05, 4.69) is 24.4 Å². The molecular weight excluding hydrogens is 442 g/mol. The summed E-state index contributed by atoms with van der Waals surface area (Å²) in [4.78, 5) is 23.4. The maximum absolute atomic E-state index is 11.7. The highest BCUT2D eigenvalue weighted by atomic mass is 16.6. The van der Waals surface area contributed by atoms with E-state index in [4.69, 9.17) is 14.2 Å². The second kappa shape index (κ2) is 18.3. The predicted molar refractivity (Wildman–Crippen MR) is 139 cm³/mol. The number of hydrogen-bond acceptors (Lipinski definition) is 5. The number of benzene rings is 2. The lowest BCUT2D eigenvalue weighted by molar-refractivity contribution is -0.143. The highest BCUT2D eigenvalue weighted by Gasteiger charge is 2.08. The van der Waals surface area contributed by atoms with Gasteiger partial charge >= 0.3 is 12.1 Å². The zero-order valence-electron chi connectivity index (χ0n) is 21.1. The molecule has 0 spiro atoms. The van der Waals surface area contributed by atoms with E-state index in [-0.39, 0.29) is 19.8 Å². The fourth-order valence-corrected chi connectivity index (χ4v) is 3.71. The molecule has 0 unspecified atom stereocenters. The molecule has 6 heteroatoms. The topological polar surface area (TPSA) is 73.9 Å². The van der Waals surface area contributed by atoms with Gasteiger partial charge in [0, 0.05) is 0 Å². The third kappa shape index (κ3) is 14.1. The van der Waals surface area contributed by atoms with Gasteiger partial charge in [-0.1, -0.05) is 95.0 Å². The van der Waals surface area contributed by atoms with E-state index in [0.717, 1.165) is 12.2 Å². The smallest absolute Gasteiger partial charge is 0.413 e. The Morgan fingerprint density at radius 1 is 0.714 bits per heavy atom. The summed E-state index contributed by atoms with van der Waals surface area (Å²) in [5.41, 5.74) is 1.32. The van der Waals surface area contributed by atoms with Gasteiger partial charge in [0.05, 0.1) is 0 Å². The molecule has 0 aromatic heterocycles. The van der Waals surface area contributed by atoms with Crippen LogP contribution < -0.4 is 14.8 Å². The van der Waals surface area contributed by atoms with Gasteiger partial charge in [-0.15, -0.1) is 0 Å². The van der Waals surface area contributed by atoms with Crippen molar-refractivity contribution in [3.05, 3.63) is 60.2 Å². The first-order valence-electron chi connectivity index (χ1n) is 13.1. The van der Waals surface area contributed by atoms with Gasteiger partial charge in [0.1, 0.15) is 31.3 Å². The summed E-state index contributed by atoms with van der Waals surface area (Å²) in [5.74, 6) is 0.601. The molecule has 35 heavy (non-hydrogen) atoms. The maximum Gasteiger partial charge on any atom is 0.413 e. The normalized spacial score (nSPS) is 10.5. The lowest BCUT2D eigenvalue weighted by Gasteiger charge is -2.09. The van der Waals surface area contributed by atoms with Crippen molar-refractivity contribution in [2.75, 3.05) is 19.8 Å². The number of carbonyl (C=O) groups excluding carboxylic acids is 2. The number of esters is 1. The van der Waals surface area contributed by atoms with Gasteiger partial charge in [0.2, 0.25) is 0 Å². The van der Waals surface area contributed by atoms with Crippen LogP contribution in [0.5, 0.6) is 11.5 Å². The van der Waals surface area contributed by atoms with Crippen LogP contribution in [0.4, 0.5) is 4.79 Å². The molecule has 2 rings (SSSR count). The van der Waals surface area contributed by atoms with Crippen molar-refractivity contribution in [1.82, 2.24) is 5.32 Å². The van der Waals surface area contributed by atoms with E-state index in [9.17, 15) is 9.59 Å². The van der Waals surface area contributed by atoms with Crippen LogP contribution in [-0.2, 0) is 16.0 Å². The lowest BCUT2D eigenvalue weighted by atomic mass is 10.0. The molecule has 2 aromatic rings. The summed E-state index contributed by atoms with van der Waals surface area (Å²) < 4.78 is 15.7. The van der Waals surface area contributed by atoms with E-state index in [1.165, 1.54) is 69.8 Å². The van der Waals surface area contributed by atoms with Gasteiger partial charge in [0.25, 0.3) is 0 Å². The number of para-hydroxylation sites is 1. The number of nitrogens with one attached hydrogen (secondary N) is 1. The number of unbranched alkanes of at least 4 members (excludes halogenated alkanes) is 9. The Hall–Kier alpha value is -3.02. The van der Waals surface area contributed by atoms with Crippen LogP contribution in [0, 0.1) is 0 Å². The van der Waals surface area contributed by atoms with Crippen molar-refractivity contribution in [2.45, 2.75) is 77.6 Å². The molecule has 1 amide bonds. The summed E-state index contributed by atoms with van der Waals surface area (Å²) in [5, 5.41) is 2.36. The first-order valence-corrected chi connectivity index (χ1v) is 13.1. The molecule has 0 saturated heterocycles. The average molecular weight is 484 g/mol. The molecule has 6 nitrogen and oxygen atoms in total. The monoisotopic (exact) mass is 483 g/mol. The number of hydrogen-bond donors (Lipinski definition) is 1. The Morgan fingerprint density at radius 3 is 2.00 bits per heavy atom. The molecular formula is C29H41NO5. The quantitative estimate of drug-likeness (QED) is 0.185. The fraction of sp³-hybridized carbons (Fsp3) is 0.517. The Labute approximate surface area is 210 Å². The van der Waals surface area contributed by atoms with Crippen molar-refractivity contribution in [2.24, 2.45) is 0 Å². The van der Waals surface area contributed by atoms with Crippen LogP contribution in [0.1, 0.15) is 76.7 Å². The molecule has 0 heterocycles. The number of aryl methyl sites for hydroxylation is 1. The molecule has 0 saturated carbocycles. The zero-order valence-corrected chi connectivity index (χ0v) is 21.1. The Kier molecular flexibility index (Phi) is 14.8. The van der Waals surface area contributed by atoms with E-state index in [0.29, 0.717) is 5.75 Å². The molecule has 0 aliphatic carbocycles. The van der Waals surface area contributed by atoms with Crippen LogP contribution in [-0.4, -0.2) is 31.8 Å². The largest absolute Gasteiger partial charge is 0.490 e. The lowest BCUT2D eigenvalue weighted by Crippen LogP contribution is -2.33. The van der Waals surface area contributed by atoms with Gasteiger partial charge in [-0.05, 0) is 42.7 Å². The van der Waals surface area contributed by atoms with E-state index in [1.807, 2.05) is 18.2 Å².